The molecule has 7 heteroatoms. The zero-order chi connectivity index (χ0) is 13.8. The molecule has 0 fully saturated rings. The van der Waals surface area contributed by atoms with E-state index in [1.807, 2.05) is 12.3 Å². The molecule has 0 aromatic carbocycles. The van der Waals surface area contributed by atoms with Crippen LogP contribution in [0.15, 0.2) is 11.4 Å². The summed E-state index contributed by atoms with van der Waals surface area (Å²) in [5.74, 6) is -0.171. The van der Waals surface area contributed by atoms with E-state index in [4.69, 9.17) is 5.11 Å². The molecule has 0 aliphatic heterocycles. The molecule has 0 aliphatic carbocycles. The van der Waals surface area contributed by atoms with Gasteiger partial charge in [0, 0.05) is 0 Å². The lowest BCUT2D eigenvalue weighted by molar-refractivity contribution is -0.138. The molecule has 0 saturated carbocycles. The van der Waals surface area contributed by atoms with Gasteiger partial charge in [0.1, 0.15) is 0 Å². The summed E-state index contributed by atoms with van der Waals surface area (Å²) in [5.41, 5.74) is 1.19. The molecule has 2 aromatic heterocycles. The quantitative estimate of drug-likeness (QED) is 0.878. The van der Waals surface area contributed by atoms with Crippen molar-refractivity contribution in [2.75, 3.05) is 0 Å². The number of tetrazole rings is 1. The Labute approximate surface area is 115 Å². The Morgan fingerprint density at radius 2 is 2.32 bits per heavy atom. The number of thiophene rings is 1. The van der Waals surface area contributed by atoms with Crippen molar-refractivity contribution in [3.63, 3.8) is 0 Å². The summed E-state index contributed by atoms with van der Waals surface area (Å²) in [5, 5.41) is 22.7. The first-order chi connectivity index (χ1) is 9.17. The zero-order valence-electron chi connectivity index (χ0n) is 10.9. The van der Waals surface area contributed by atoms with Crippen molar-refractivity contribution < 1.29 is 9.90 Å². The van der Waals surface area contributed by atoms with Crippen LogP contribution in [-0.4, -0.2) is 31.3 Å². The highest BCUT2D eigenvalue weighted by atomic mass is 32.1. The number of rotatable bonds is 6. The summed E-state index contributed by atoms with van der Waals surface area (Å²) in [4.78, 5) is 11.9. The van der Waals surface area contributed by atoms with Gasteiger partial charge in [-0.15, -0.1) is 16.4 Å². The van der Waals surface area contributed by atoms with Crippen LogP contribution < -0.4 is 0 Å². The molecular formula is C12H16N4O2S. The fraction of sp³-hybridized carbons (Fsp3) is 0.500. The maximum Gasteiger partial charge on any atom is 0.305 e. The number of hydrogen-bond acceptors (Lipinski definition) is 5. The molecular weight excluding hydrogens is 264 g/mol. The normalized spacial score (nSPS) is 12.5. The van der Waals surface area contributed by atoms with Crippen LogP contribution in [0, 0.1) is 0 Å². The van der Waals surface area contributed by atoms with Gasteiger partial charge in [0.15, 0.2) is 5.82 Å². The molecule has 0 spiro atoms. The molecule has 1 unspecified atom stereocenters. The van der Waals surface area contributed by atoms with E-state index in [-0.39, 0.29) is 12.5 Å². The molecule has 102 valence electrons. The monoisotopic (exact) mass is 280 g/mol. The Morgan fingerprint density at radius 1 is 1.53 bits per heavy atom. The lowest BCUT2D eigenvalue weighted by Crippen LogP contribution is -2.15. The van der Waals surface area contributed by atoms with Gasteiger partial charge in [-0.2, -0.15) is 0 Å². The fourth-order valence-corrected chi connectivity index (χ4v) is 2.98. The van der Waals surface area contributed by atoms with Crippen molar-refractivity contribution in [1.29, 1.82) is 0 Å². The molecule has 6 nitrogen and oxygen atoms in total. The standard InChI is InChI=1S/C12H16N4O2S/c1-3-8-5-6-19-11(8)12-13-14-15-16(12)9(4-2)7-10(17)18/h5-6,9H,3-4,7H2,1-2H3,(H,17,18). The Balaban J connectivity index is 2.38. The molecule has 0 aliphatic rings. The number of carbonyl (C=O) groups is 1. The minimum Gasteiger partial charge on any atom is -0.481 e. The lowest BCUT2D eigenvalue weighted by Gasteiger charge is -2.14. The van der Waals surface area contributed by atoms with Crippen LogP contribution in [-0.2, 0) is 11.2 Å². The average molecular weight is 280 g/mol. The molecule has 0 bridgehead atoms. The van der Waals surface area contributed by atoms with Crippen molar-refractivity contribution in [3.05, 3.63) is 17.0 Å². The van der Waals surface area contributed by atoms with Crippen molar-refractivity contribution >= 4 is 17.3 Å². The predicted molar refractivity (Wildman–Crippen MR) is 72.1 cm³/mol. The van der Waals surface area contributed by atoms with E-state index < -0.39 is 5.97 Å². The minimum absolute atomic E-state index is 0.0291. The van der Waals surface area contributed by atoms with E-state index in [2.05, 4.69) is 28.5 Å². The van der Waals surface area contributed by atoms with Crippen LogP contribution >= 0.6 is 11.3 Å². The van der Waals surface area contributed by atoms with Crippen LogP contribution in [0.1, 0.15) is 38.3 Å². The van der Waals surface area contributed by atoms with E-state index in [9.17, 15) is 4.79 Å². The number of hydrogen-bond donors (Lipinski definition) is 1. The van der Waals surface area contributed by atoms with E-state index in [0.29, 0.717) is 12.2 Å². The van der Waals surface area contributed by atoms with E-state index in [1.165, 1.54) is 5.56 Å². The van der Waals surface area contributed by atoms with E-state index >= 15 is 0 Å². The van der Waals surface area contributed by atoms with Crippen LogP contribution in [0.2, 0.25) is 0 Å². The topological polar surface area (TPSA) is 80.9 Å². The van der Waals surface area contributed by atoms with Crippen molar-refractivity contribution in [2.24, 2.45) is 0 Å². The summed E-state index contributed by atoms with van der Waals surface area (Å²) in [6.07, 6.45) is 1.61. The molecule has 0 saturated heterocycles. The SMILES string of the molecule is CCc1ccsc1-c1nnnn1C(CC)CC(=O)O. The number of aliphatic carboxylic acids is 1. The number of aryl methyl sites for hydroxylation is 1. The molecule has 0 amide bonds. The van der Waals surface area contributed by atoms with Gasteiger partial charge >= 0.3 is 5.97 Å². The predicted octanol–water partition coefficient (Wildman–Crippen LogP) is 2.39. The first kappa shape index (κ1) is 13.7. The Bertz CT molecular complexity index is 564. The Hall–Kier alpha value is -1.76. The highest BCUT2D eigenvalue weighted by Crippen LogP contribution is 2.30. The van der Waals surface area contributed by atoms with Crippen LogP contribution in [0.3, 0.4) is 0 Å². The van der Waals surface area contributed by atoms with Gasteiger partial charge in [-0.1, -0.05) is 13.8 Å². The van der Waals surface area contributed by atoms with Crippen molar-refractivity contribution in [2.45, 2.75) is 39.2 Å². The van der Waals surface area contributed by atoms with Gasteiger partial charge < -0.3 is 5.11 Å². The second-order valence-electron chi connectivity index (χ2n) is 4.24. The number of aromatic nitrogens is 4. The Morgan fingerprint density at radius 3 is 2.95 bits per heavy atom. The highest BCUT2D eigenvalue weighted by molar-refractivity contribution is 7.13. The molecule has 2 rings (SSSR count). The first-order valence-electron chi connectivity index (χ1n) is 6.23. The molecule has 0 radical (unpaired) electrons. The molecule has 2 aromatic rings. The largest absolute Gasteiger partial charge is 0.481 e. The van der Waals surface area contributed by atoms with Gasteiger partial charge in [-0.25, -0.2) is 4.68 Å². The van der Waals surface area contributed by atoms with E-state index in [1.54, 1.807) is 16.0 Å². The highest BCUT2D eigenvalue weighted by Gasteiger charge is 2.21. The van der Waals surface area contributed by atoms with Gasteiger partial charge in [-0.05, 0) is 40.3 Å². The zero-order valence-corrected chi connectivity index (χ0v) is 11.7. The van der Waals surface area contributed by atoms with Gasteiger partial charge in [0.05, 0.1) is 17.3 Å². The van der Waals surface area contributed by atoms with E-state index in [0.717, 1.165) is 11.3 Å². The molecule has 1 N–H and O–H groups in total. The third-order valence-corrected chi connectivity index (χ3v) is 4.00. The van der Waals surface area contributed by atoms with Crippen molar-refractivity contribution in [3.8, 4) is 10.7 Å². The third kappa shape index (κ3) is 2.81. The summed E-state index contributed by atoms with van der Waals surface area (Å²) in [6.45, 7) is 4.02. The number of nitrogens with zero attached hydrogens (tertiary/aromatic N) is 4. The maximum atomic E-state index is 10.9. The molecule has 19 heavy (non-hydrogen) atoms. The van der Waals surface area contributed by atoms with Gasteiger partial charge in [0.25, 0.3) is 0 Å². The second-order valence-corrected chi connectivity index (χ2v) is 5.15. The number of carboxylic acids is 1. The summed E-state index contributed by atoms with van der Waals surface area (Å²) < 4.78 is 1.64. The minimum atomic E-state index is -0.838. The van der Waals surface area contributed by atoms with Crippen molar-refractivity contribution in [1.82, 2.24) is 20.2 Å². The lowest BCUT2D eigenvalue weighted by atomic mass is 10.1. The van der Waals surface area contributed by atoms with Gasteiger partial charge in [0.2, 0.25) is 0 Å². The summed E-state index contributed by atoms with van der Waals surface area (Å²) >= 11 is 1.58. The van der Waals surface area contributed by atoms with Gasteiger partial charge in [-0.3, -0.25) is 4.79 Å². The summed E-state index contributed by atoms with van der Waals surface area (Å²) in [7, 11) is 0. The average Bonchev–Trinajstić information content (AvgIpc) is 3.02. The number of carboxylic acid groups (broad SMARTS) is 1. The molecule has 1 atom stereocenters. The van der Waals surface area contributed by atoms with Crippen LogP contribution in [0.5, 0.6) is 0 Å². The fourth-order valence-electron chi connectivity index (χ4n) is 2.00. The summed E-state index contributed by atoms with van der Waals surface area (Å²) in [6, 6.07) is 1.84. The second kappa shape index (κ2) is 5.92. The smallest absolute Gasteiger partial charge is 0.305 e. The first-order valence-corrected chi connectivity index (χ1v) is 7.11. The maximum absolute atomic E-state index is 10.9. The van der Waals surface area contributed by atoms with Crippen LogP contribution in [0.4, 0.5) is 0 Å². The molecule has 2 heterocycles. The Kier molecular flexibility index (Phi) is 4.26. The van der Waals surface area contributed by atoms with Crippen LogP contribution in [0.25, 0.3) is 10.7 Å². The third-order valence-electron chi connectivity index (χ3n) is 3.05.